The van der Waals surface area contributed by atoms with Crippen LogP contribution in [0.2, 0.25) is 0 Å². The lowest BCUT2D eigenvalue weighted by atomic mass is 9.99. The van der Waals surface area contributed by atoms with Crippen LogP contribution in [0.5, 0.6) is 0 Å². The van der Waals surface area contributed by atoms with Gasteiger partial charge in [0.15, 0.2) is 0 Å². The van der Waals surface area contributed by atoms with E-state index in [0.29, 0.717) is 4.90 Å². The highest BCUT2D eigenvalue weighted by Gasteiger charge is 2.54. The Morgan fingerprint density at radius 3 is 2.09 bits per heavy atom. The van der Waals surface area contributed by atoms with Crippen LogP contribution in [-0.4, -0.2) is 63.7 Å². The molecule has 1 aromatic carbocycles. The van der Waals surface area contributed by atoms with E-state index in [9.17, 15) is 45.8 Å². The van der Waals surface area contributed by atoms with Gasteiger partial charge < -0.3 is 14.9 Å². The van der Waals surface area contributed by atoms with Crippen LogP contribution >= 0.6 is 0 Å². The van der Waals surface area contributed by atoms with Crippen LogP contribution in [0.4, 0.5) is 26.3 Å². The van der Waals surface area contributed by atoms with Crippen molar-refractivity contribution in [3.8, 4) is 0 Å². The molecule has 1 fully saturated rings. The van der Waals surface area contributed by atoms with E-state index in [1.807, 2.05) is 0 Å². The zero-order valence-corrected chi connectivity index (χ0v) is 17.2. The average molecular weight is 468 g/mol. The van der Waals surface area contributed by atoms with Crippen molar-refractivity contribution in [2.75, 3.05) is 6.54 Å². The zero-order chi connectivity index (χ0) is 24.4. The monoisotopic (exact) mass is 468 g/mol. The molecule has 1 saturated heterocycles. The Morgan fingerprint density at radius 2 is 1.66 bits per heavy atom. The predicted molar refractivity (Wildman–Crippen MR) is 99.0 cm³/mol. The third-order valence-electron chi connectivity index (χ3n) is 5.25. The molecule has 1 heterocycles. The SMILES string of the molecule is CC(C)C(C(=O)N1C[C@H](C(F)(F)F)C[C@H]1C(=O)O)N(Cc1ccccc1)C(=O)C(F)(F)F. The van der Waals surface area contributed by atoms with Gasteiger partial charge in [-0.3, -0.25) is 9.59 Å². The van der Waals surface area contributed by atoms with Gasteiger partial charge in [-0.25, -0.2) is 4.79 Å². The van der Waals surface area contributed by atoms with Crippen molar-refractivity contribution in [2.45, 2.75) is 51.2 Å². The number of halogens is 6. The molecule has 3 atom stereocenters. The maximum atomic E-state index is 13.3. The van der Waals surface area contributed by atoms with Gasteiger partial charge in [-0.1, -0.05) is 44.2 Å². The summed E-state index contributed by atoms with van der Waals surface area (Å²) in [7, 11) is 0. The minimum absolute atomic E-state index is 0.252. The molecule has 0 bridgehead atoms. The fourth-order valence-electron chi connectivity index (χ4n) is 3.74. The molecule has 1 unspecified atom stereocenters. The number of amides is 2. The number of aliphatic carboxylic acids is 1. The van der Waals surface area contributed by atoms with Gasteiger partial charge in [-0.2, -0.15) is 26.3 Å². The first-order chi connectivity index (χ1) is 14.6. The molecule has 1 aliphatic heterocycles. The van der Waals surface area contributed by atoms with E-state index < -0.39 is 73.6 Å². The molecule has 0 aromatic heterocycles. The minimum atomic E-state index is -5.35. The molecule has 0 saturated carbocycles. The van der Waals surface area contributed by atoms with Crippen molar-refractivity contribution in [1.29, 1.82) is 0 Å². The smallest absolute Gasteiger partial charge is 0.471 e. The second-order valence-corrected chi connectivity index (χ2v) is 7.92. The molecule has 178 valence electrons. The first kappa shape index (κ1) is 25.5. The molecule has 0 aliphatic carbocycles. The quantitative estimate of drug-likeness (QED) is 0.649. The molecule has 1 aliphatic rings. The van der Waals surface area contributed by atoms with Crippen molar-refractivity contribution in [1.82, 2.24) is 9.80 Å². The van der Waals surface area contributed by atoms with Crippen LogP contribution in [0.3, 0.4) is 0 Å². The Bertz CT molecular complexity index is 841. The Balaban J connectivity index is 2.47. The number of carbonyl (C=O) groups excluding carboxylic acids is 2. The van der Waals surface area contributed by atoms with E-state index in [1.165, 1.54) is 38.1 Å². The number of carboxylic acids is 1. The first-order valence-electron chi connectivity index (χ1n) is 9.66. The van der Waals surface area contributed by atoms with Crippen molar-refractivity contribution in [2.24, 2.45) is 11.8 Å². The fraction of sp³-hybridized carbons (Fsp3) is 0.550. The van der Waals surface area contributed by atoms with Gasteiger partial charge in [-0.15, -0.1) is 0 Å². The summed E-state index contributed by atoms with van der Waals surface area (Å²) in [5.41, 5.74) is 0.257. The third-order valence-corrected chi connectivity index (χ3v) is 5.25. The van der Waals surface area contributed by atoms with E-state index >= 15 is 0 Å². The maximum Gasteiger partial charge on any atom is 0.471 e. The van der Waals surface area contributed by atoms with Gasteiger partial charge in [-0.05, 0) is 17.9 Å². The number of carbonyl (C=O) groups is 3. The summed E-state index contributed by atoms with van der Waals surface area (Å²) in [6.07, 6.45) is -11.1. The Hall–Kier alpha value is -2.79. The summed E-state index contributed by atoms with van der Waals surface area (Å²) in [5.74, 6) is -8.40. The normalized spacial score (nSPS) is 20.3. The van der Waals surface area contributed by atoms with Gasteiger partial charge in [0.1, 0.15) is 12.1 Å². The van der Waals surface area contributed by atoms with Gasteiger partial charge in [0.05, 0.1) is 5.92 Å². The van der Waals surface area contributed by atoms with Crippen LogP contribution in [0, 0.1) is 11.8 Å². The molecule has 2 amide bonds. The van der Waals surface area contributed by atoms with E-state index in [-0.39, 0.29) is 10.5 Å². The minimum Gasteiger partial charge on any atom is -0.480 e. The van der Waals surface area contributed by atoms with Crippen molar-refractivity contribution < 1.29 is 45.8 Å². The Kier molecular flexibility index (Phi) is 7.46. The molecular weight excluding hydrogens is 446 g/mol. The topological polar surface area (TPSA) is 77.9 Å². The van der Waals surface area contributed by atoms with Crippen LogP contribution in [0.15, 0.2) is 30.3 Å². The van der Waals surface area contributed by atoms with Crippen molar-refractivity contribution >= 4 is 17.8 Å². The summed E-state index contributed by atoms with van der Waals surface area (Å²) >= 11 is 0. The van der Waals surface area contributed by atoms with Crippen LogP contribution in [-0.2, 0) is 20.9 Å². The lowest BCUT2D eigenvalue weighted by molar-refractivity contribution is -0.191. The summed E-state index contributed by atoms with van der Waals surface area (Å²) in [5, 5.41) is 9.33. The maximum absolute atomic E-state index is 13.3. The third kappa shape index (κ3) is 5.71. The van der Waals surface area contributed by atoms with E-state index in [4.69, 9.17) is 0 Å². The summed E-state index contributed by atoms with van der Waals surface area (Å²) in [6, 6.07) is 3.76. The van der Waals surface area contributed by atoms with E-state index in [1.54, 1.807) is 6.07 Å². The molecule has 6 nitrogen and oxygen atoms in total. The van der Waals surface area contributed by atoms with E-state index in [2.05, 4.69) is 0 Å². The number of carboxylic acid groups (broad SMARTS) is 1. The molecule has 12 heteroatoms. The summed E-state index contributed by atoms with van der Waals surface area (Å²) in [6.45, 7) is 1.01. The number of alkyl halides is 6. The number of benzene rings is 1. The number of hydrogen-bond donors (Lipinski definition) is 1. The van der Waals surface area contributed by atoms with Crippen molar-refractivity contribution in [3.05, 3.63) is 35.9 Å². The lowest BCUT2D eigenvalue weighted by Crippen LogP contribution is -2.57. The fourth-order valence-corrected chi connectivity index (χ4v) is 3.74. The van der Waals surface area contributed by atoms with Gasteiger partial charge in [0.2, 0.25) is 5.91 Å². The highest BCUT2D eigenvalue weighted by Crippen LogP contribution is 2.38. The molecule has 0 radical (unpaired) electrons. The first-order valence-corrected chi connectivity index (χ1v) is 9.66. The Morgan fingerprint density at radius 1 is 1.09 bits per heavy atom. The zero-order valence-electron chi connectivity index (χ0n) is 17.2. The molecule has 1 N–H and O–H groups in total. The lowest BCUT2D eigenvalue weighted by Gasteiger charge is -2.37. The number of likely N-dealkylation sites (tertiary alicyclic amines) is 1. The molecular formula is C20H22F6N2O4. The summed E-state index contributed by atoms with van der Waals surface area (Å²) < 4.78 is 79.5. The standard InChI is InChI=1S/C20H22F6N2O4/c1-11(2)15(16(29)27-10-13(19(21,22)23)8-14(27)17(30)31)28(18(32)20(24,25)26)9-12-6-4-3-5-7-12/h3-7,11,13-15H,8-10H2,1-2H3,(H,30,31)/t13-,14+,15?/m1/s1. The molecule has 1 aromatic rings. The highest BCUT2D eigenvalue weighted by molar-refractivity contribution is 5.92. The number of nitrogens with zero attached hydrogens (tertiary/aromatic N) is 2. The predicted octanol–water partition coefficient (Wildman–Crippen LogP) is 3.47. The van der Waals surface area contributed by atoms with Crippen molar-refractivity contribution in [3.63, 3.8) is 0 Å². The second-order valence-electron chi connectivity index (χ2n) is 7.92. The van der Waals surface area contributed by atoms with Gasteiger partial charge in [0.25, 0.3) is 0 Å². The molecule has 32 heavy (non-hydrogen) atoms. The number of hydrogen-bond acceptors (Lipinski definition) is 3. The van der Waals surface area contributed by atoms with Crippen LogP contribution in [0.25, 0.3) is 0 Å². The van der Waals surface area contributed by atoms with Gasteiger partial charge in [0, 0.05) is 13.1 Å². The number of rotatable bonds is 6. The second kappa shape index (κ2) is 9.37. The van der Waals surface area contributed by atoms with Crippen LogP contribution < -0.4 is 0 Å². The largest absolute Gasteiger partial charge is 0.480 e. The molecule has 0 spiro atoms. The summed E-state index contributed by atoms with van der Waals surface area (Å²) in [4.78, 5) is 37.6. The highest BCUT2D eigenvalue weighted by atomic mass is 19.4. The van der Waals surface area contributed by atoms with Gasteiger partial charge >= 0.3 is 24.2 Å². The van der Waals surface area contributed by atoms with Crippen LogP contribution in [0.1, 0.15) is 25.8 Å². The Labute approximate surface area is 179 Å². The van der Waals surface area contributed by atoms with E-state index in [0.717, 1.165) is 0 Å². The molecule has 2 rings (SSSR count). The average Bonchev–Trinajstić information content (AvgIpc) is 3.13.